The highest BCUT2D eigenvalue weighted by Crippen LogP contribution is 2.13. The van der Waals surface area contributed by atoms with E-state index in [0.717, 1.165) is 17.5 Å². The summed E-state index contributed by atoms with van der Waals surface area (Å²) in [5.74, 6) is 0.201. The van der Waals surface area contributed by atoms with Crippen LogP contribution in [0.4, 0.5) is 0 Å². The molecule has 0 radical (unpaired) electrons. The molecular weight excluding hydrogens is 264 g/mol. The molecule has 0 fully saturated rings. The summed E-state index contributed by atoms with van der Waals surface area (Å²) < 4.78 is 0. The Kier molecular flexibility index (Phi) is 4.80. The molecule has 1 nitrogen and oxygen atoms in total. The van der Waals surface area contributed by atoms with Crippen molar-refractivity contribution in [3.63, 3.8) is 0 Å². The third-order valence-electron chi connectivity index (χ3n) is 3.59. The van der Waals surface area contributed by atoms with Crippen LogP contribution in [0.1, 0.15) is 39.0 Å². The second-order valence-electron chi connectivity index (χ2n) is 5.08. The van der Waals surface area contributed by atoms with Crippen LogP contribution in [-0.2, 0) is 6.42 Å². The molecule has 102 valence electrons. The molecular formula is C18H18OS. The van der Waals surface area contributed by atoms with E-state index in [0.29, 0.717) is 6.42 Å². The molecule has 0 saturated heterocycles. The van der Waals surface area contributed by atoms with E-state index in [1.165, 1.54) is 16.7 Å². The maximum Gasteiger partial charge on any atom is 0.163 e. The van der Waals surface area contributed by atoms with Crippen molar-refractivity contribution in [2.75, 3.05) is 0 Å². The Balaban J connectivity index is 2.00. The maximum atomic E-state index is 12.2. The zero-order valence-corrected chi connectivity index (χ0v) is 12.7. The van der Waals surface area contributed by atoms with Gasteiger partial charge in [-0.3, -0.25) is 4.79 Å². The first kappa shape index (κ1) is 14.6. The van der Waals surface area contributed by atoms with Crippen molar-refractivity contribution in [1.82, 2.24) is 0 Å². The number of carbonyl (C=O) groups is 1. The number of carbonyl (C=O) groups excluding carboxylic acids is 1. The molecule has 0 bridgehead atoms. The van der Waals surface area contributed by atoms with Gasteiger partial charge in [-0.2, -0.15) is 0 Å². The number of Topliss-reactive ketones (excluding diaryl/α,β-unsaturated/α-hetero) is 1. The molecule has 20 heavy (non-hydrogen) atoms. The first-order valence-electron chi connectivity index (χ1n) is 6.75. The van der Waals surface area contributed by atoms with Gasteiger partial charge in [0.2, 0.25) is 0 Å². The summed E-state index contributed by atoms with van der Waals surface area (Å²) in [4.78, 5) is 12.2. The number of rotatable bonds is 5. The molecule has 2 rings (SSSR count). The van der Waals surface area contributed by atoms with Crippen molar-refractivity contribution < 1.29 is 4.79 Å². The topological polar surface area (TPSA) is 17.1 Å². The smallest absolute Gasteiger partial charge is 0.163 e. The molecule has 0 aliphatic carbocycles. The molecule has 0 N–H and O–H groups in total. The number of benzene rings is 2. The van der Waals surface area contributed by atoms with Crippen molar-refractivity contribution in [2.24, 2.45) is 0 Å². The molecule has 0 saturated carbocycles. The average Bonchev–Trinajstić information content (AvgIpc) is 2.48. The van der Waals surface area contributed by atoms with Crippen LogP contribution in [0.25, 0.3) is 0 Å². The Morgan fingerprint density at radius 2 is 1.75 bits per heavy atom. The van der Waals surface area contributed by atoms with E-state index in [1.54, 1.807) is 5.37 Å². The fourth-order valence-corrected chi connectivity index (χ4v) is 2.24. The number of ketones is 1. The van der Waals surface area contributed by atoms with Crippen LogP contribution < -0.4 is 0 Å². The fourth-order valence-electron chi connectivity index (χ4n) is 2.08. The fraction of sp³-hybridized carbons (Fsp3) is 0.222. The predicted octanol–water partition coefficient (Wildman–Crippen LogP) is 4.47. The maximum absolute atomic E-state index is 12.2. The van der Waals surface area contributed by atoms with Gasteiger partial charge >= 0.3 is 0 Å². The van der Waals surface area contributed by atoms with Crippen LogP contribution in [0.5, 0.6) is 0 Å². The van der Waals surface area contributed by atoms with Crippen LogP contribution in [-0.4, -0.2) is 11.2 Å². The monoisotopic (exact) mass is 282 g/mol. The Morgan fingerprint density at radius 3 is 2.35 bits per heavy atom. The normalized spacial score (nSPS) is 10.3. The van der Waals surface area contributed by atoms with Gasteiger partial charge in [0.1, 0.15) is 0 Å². The van der Waals surface area contributed by atoms with Crippen molar-refractivity contribution >= 4 is 23.4 Å². The lowest BCUT2D eigenvalue weighted by Crippen LogP contribution is -2.02. The summed E-state index contributed by atoms with van der Waals surface area (Å²) in [5.41, 5.74) is 5.40. The summed E-state index contributed by atoms with van der Waals surface area (Å²) >= 11 is 4.88. The minimum Gasteiger partial charge on any atom is -0.294 e. The van der Waals surface area contributed by atoms with Crippen LogP contribution in [0.3, 0.4) is 0 Å². The van der Waals surface area contributed by atoms with Crippen LogP contribution in [0, 0.1) is 13.8 Å². The van der Waals surface area contributed by atoms with Gasteiger partial charge < -0.3 is 0 Å². The summed E-state index contributed by atoms with van der Waals surface area (Å²) in [7, 11) is 0. The number of hydrogen-bond acceptors (Lipinski definition) is 2. The third kappa shape index (κ3) is 3.61. The molecule has 0 unspecified atom stereocenters. The average molecular weight is 282 g/mol. The number of thiocarbonyl (C=S) groups is 1. The highest BCUT2D eigenvalue weighted by atomic mass is 32.1. The van der Waals surface area contributed by atoms with E-state index < -0.39 is 0 Å². The van der Waals surface area contributed by atoms with E-state index in [4.69, 9.17) is 12.2 Å². The van der Waals surface area contributed by atoms with Gasteiger partial charge in [0, 0.05) is 17.4 Å². The van der Waals surface area contributed by atoms with Crippen LogP contribution in [0.15, 0.2) is 42.5 Å². The lowest BCUT2D eigenvalue weighted by molar-refractivity contribution is 0.0983. The first-order valence-corrected chi connectivity index (χ1v) is 7.22. The van der Waals surface area contributed by atoms with Gasteiger partial charge in [-0.1, -0.05) is 48.6 Å². The van der Waals surface area contributed by atoms with Crippen LogP contribution >= 0.6 is 12.2 Å². The van der Waals surface area contributed by atoms with Gasteiger partial charge in [0.15, 0.2) is 5.78 Å². The molecule has 0 aromatic heterocycles. The first-order chi connectivity index (χ1) is 9.60. The largest absolute Gasteiger partial charge is 0.294 e. The third-order valence-corrected chi connectivity index (χ3v) is 3.86. The summed E-state index contributed by atoms with van der Waals surface area (Å²) in [6, 6.07) is 14.0. The van der Waals surface area contributed by atoms with E-state index >= 15 is 0 Å². The van der Waals surface area contributed by atoms with Crippen LogP contribution in [0.2, 0.25) is 0 Å². The SMILES string of the molecule is Cc1ccc(C(=O)CCc2ccc(C=S)cc2)cc1C. The van der Waals surface area contributed by atoms with Gasteiger partial charge in [-0.05, 0) is 48.6 Å². The van der Waals surface area contributed by atoms with Crippen molar-refractivity contribution in [3.8, 4) is 0 Å². The second kappa shape index (κ2) is 6.58. The summed E-state index contributed by atoms with van der Waals surface area (Å²) in [6.07, 6.45) is 1.31. The highest BCUT2D eigenvalue weighted by molar-refractivity contribution is 7.79. The van der Waals surface area contributed by atoms with Crippen molar-refractivity contribution in [2.45, 2.75) is 26.7 Å². The van der Waals surface area contributed by atoms with E-state index in [9.17, 15) is 4.79 Å². The highest BCUT2D eigenvalue weighted by Gasteiger charge is 2.07. The minimum absolute atomic E-state index is 0.201. The van der Waals surface area contributed by atoms with Gasteiger partial charge in [-0.25, -0.2) is 0 Å². The lowest BCUT2D eigenvalue weighted by atomic mass is 9.99. The van der Waals surface area contributed by atoms with Crippen molar-refractivity contribution in [1.29, 1.82) is 0 Å². The molecule has 0 amide bonds. The van der Waals surface area contributed by atoms with Gasteiger partial charge in [0.05, 0.1) is 0 Å². The Labute approximate surface area is 125 Å². The molecule has 2 aromatic rings. The van der Waals surface area contributed by atoms with E-state index in [1.807, 2.05) is 49.4 Å². The molecule has 2 heteroatoms. The Morgan fingerprint density at radius 1 is 1.05 bits per heavy atom. The zero-order valence-electron chi connectivity index (χ0n) is 11.8. The summed E-state index contributed by atoms with van der Waals surface area (Å²) in [5, 5.41) is 1.66. The lowest BCUT2D eigenvalue weighted by Gasteiger charge is -2.05. The standard InChI is InChI=1S/C18H18OS/c1-13-3-9-17(11-14(13)2)18(19)10-8-15-4-6-16(12-20)7-5-15/h3-7,9,11-12H,8,10H2,1-2H3. The number of hydrogen-bond donors (Lipinski definition) is 0. The molecule has 2 aromatic carbocycles. The Hall–Kier alpha value is -1.80. The predicted molar refractivity (Wildman–Crippen MR) is 87.8 cm³/mol. The van der Waals surface area contributed by atoms with Crippen molar-refractivity contribution in [3.05, 3.63) is 70.3 Å². The molecule has 0 heterocycles. The Bertz CT molecular complexity index is 626. The molecule has 0 aliphatic heterocycles. The van der Waals surface area contributed by atoms with E-state index in [-0.39, 0.29) is 5.78 Å². The second-order valence-corrected chi connectivity index (χ2v) is 5.32. The quantitative estimate of drug-likeness (QED) is 0.594. The minimum atomic E-state index is 0.201. The van der Waals surface area contributed by atoms with Gasteiger partial charge in [0.25, 0.3) is 0 Å². The zero-order chi connectivity index (χ0) is 14.5. The molecule has 0 atom stereocenters. The number of aryl methyl sites for hydroxylation is 3. The summed E-state index contributed by atoms with van der Waals surface area (Å²) in [6.45, 7) is 4.09. The van der Waals surface area contributed by atoms with Gasteiger partial charge in [-0.15, -0.1) is 0 Å². The molecule has 0 aliphatic rings. The molecule has 0 spiro atoms. The van der Waals surface area contributed by atoms with E-state index in [2.05, 4.69) is 6.92 Å².